The van der Waals surface area contributed by atoms with E-state index in [9.17, 15) is 17.9 Å². The van der Waals surface area contributed by atoms with Crippen LogP contribution in [0.5, 0.6) is 5.88 Å². The Morgan fingerprint density at radius 2 is 1.95 bits per heavy atom. The number of rotatable bonds is 5. The summed E-state index contributed by atoms with van der Waals surface area (Å²) in [6, 6.07) is 7.77. The summed E-state index contributed by atoms with van der Waals surface area (Å²) in [5.74, 6) is 5.74. The Bertz CT molecular complexity index is 1610. The van der Waals surface area contributed by atoms with Gasteiger partial charge in [-0.05, 0) is 49.2 Å². The predicted molar refractivity (Wildman–Crippen MR) is 135 cm³/mol. The Balaban J connectivity index is 1.48. The van der Waals surface area contributed by atoms with Crippen molar-refractivity contribution in [3.8, 4) is 29.0 Å². The quantitative estimate of drug-likeness (QED) is 0.385. The van der Waals surface area contributed by atoms with Crippen molar-refractivity contribution in [2.75, 3.05) is 11.8 Å². The molecule has 5 rings (SSSR count). The summed E-state index contributed by atoms with van der Waals surface area (Å²) in [6.45, 7) is 0. The summed E-state index contributed by atoms with van der Waals surface area (Å²) >= 11 is 0. The average molecular weight is 522 g/mol. The van der Waals surface area contributed by atoms with Crippen LogP contribution in [0.25, 0.3) is 16.9 Å². The molecule has 3 aromatic heterocycles. The maximum absolute atomic E-state index is 13.3. The van der Waals surface area contributed by atoms with Gasteiger partial charge < -0.3 is 9.84 Å². The maximum atomic E-state index is 13.3. The van der Waals surface area contributed by atoms with E-state index in [1.54, 1.807) is 29.0 Å². The van der Waals surface area contributed by atoms with E-state index in [0.717, 1.165) is 37.8 Å². The predicted octanol–water partition coefficient (Wildman–Crippen LogP) is 3.64. The fourth-order valence-corrected chi connectivity index (χ4v) is 5.26. The van der Waals surface area contributed by atoms with Crippen LogP contribution in [0.3, 0.4) is 0 Å². The van der Waals surface area contributed by atoms with Crippen LogP contribution in [0.15, 0.2) is 59.9 Å². The van der Waals surface area contributed by atoms with E-state index in [1.807, 2.05) is 0 Å². The van der Waals surface area contributed by atoms with Crippen LogP contribution in [0.2, 0.25) is 0 Å². The number of aliphatic hydroxyl groups excluding tert-OH is 1. The highest BCUT2D eigenvalue weighted by molar-refractivity contribution is 7.92. The molecule has 0 saturated heterocycles. The molecule has 1 aromatic carbocycles. The first-order chi connectivity index (χ1) is 17.8. The fourth-order valence-electron chi connectivity index (χ4n) is 4.21. The molecule has 2 unspecified atom stereocenters. The molecular formula is C26H24FN5O4S. The van der Waals surface area contributed by atoms with Gasteiger partial charge in [-0.1, -0.05) is 24.7 Å². The van der Waals surface area contributed by atoms with Crippen LogP contribution in [0, 0.1) is 23.6 Å². The molecule has 0 aliphatic heterocycles. The Morgan fingerprint density at radius 1 is 1.16 bits per heavy atom. The first-order valence-corrected chi connectivity index (χ1v) is 13.2. The van der Waals surface area contributed by atoms with Gasteiger partial charge in [0.25, 0.3) is 10.0 Å². The van der Waals surface area contributed by atoms with E-state index in [2.05, 4.69) is 31.6 Å². The molecule has 0 spiro atoms. The standard InChI is InChI=1S/C26H24FN5O4S/c1-36-26-23(31-37(34,35)21-10-8-20(27)9-11-21)14-19(15-28-26)22-12-13-32-25(30-22)18(16-29-32)7-6-17-4-2-3-5-24(17)33/h8-17,24,31,33H,2-5H2,1H3. The second-order valence-electron chi connectivity index (χ2n) is 8.71. The molecule has 11 heteroatoms. The largest absolute Gasteiger partial charge is 0.480 e. The van der Waals surface area contributed by atoms with Gasteiger partial charge in [0.2, 0.25) is 5.88 Å². The van der Waals surface area contributed by atoms with E-state index in [-0.39, 0.29) is 22.4 Å². The number of halogens is 1. The number of aromatic nitrogens is 4. The second-order valence-corrected chi connectivity index (χ2v) is 10.4. The Labute approximate surface area is 213 Å². The fraction of sp³-hybridized carbons (Fsp3) is 0.269. The molecule has 4 aromatic rings. The molecule has 9 nitrogen and oxygen atoms in total. The Hall–Kier alpha value is -4.01. The molecule has 1 aliphatic carbocycles. The smallest absolute Gasteiger partial charge is 0.262 e. The van der Waals surface area contributed by atoms with Gasteiger partial charge in [-0.15, -0.1) is 0 Å². The minimum absolute atomic E-state index is 0.0671. The molecule has 2 atom stereocenters. The molecule has 37 heavy (non-hydrogen) atoms. The molecule has 190 valence electrons. The second kappa shape index (κ2) is 10.2. The average Bonchev–Trinajstić information content (AvgIpc) is 3.30. The van der Waals surface area contributed by atoms with Gasteiger partial charge in [-0.2, -0.15) is 5.10 Å². The van der Waals surface area contributed by atoms with Crippen molar-refractivity contribution in [2.24, 2.45) is 5.92 Å². The summed E-state index contributed by atoms with van der Waals surface area (Å²) in [4.78, 5) is 8.81. The van der Waals surface area contributed by atoms with Crippen LogP contribution < -0.4 is 9.46 Å². The number of methoxy groups -OCH3 is 1. The Kier molecular flexibility index (Phi) is 6.78. The van der Waals surface area contributed by atoms with Gasteiger partial charge in [0, 0.05) is 23.9 Å². The van der Waals surface area contributed by atoms with Crippen LogP contribution in [0.1, 0.15) is 31.2 Å². The molecule has 1 aliphatic rings. The van der Waals surface area contributed by atoms with Crippen molar-refractivity contribution in [2.45, 2.75) is 36.7 Å². The molecule has 1 fully saturated rings. The first-order valence-electron chi connectivity index (χ1n) is 11.7. The van der Waals surface area contributed by atoms with Crippen LogP contribution in [-0.4, -0.2) is 46.3 Å². The number of sulfonamides is 1. The van der Waals surface area contributed by atoms with Gasteiger partial charge in [0.05, 0.1) is 35.6 Å². The monoisotopic (exact) mass is 521 g/mol. The van der Waals surface area contributed by atoms with Crippen molar-refractivity contribution in [3.05, 3.63) is 66.4 Å². The number of nitrogens with zero attached hydrogens (tertiary/aromatic N) is 4. The lowest BCUT2D eigenvalue weighted by Crippen LogP contribution is -2.22. The maximum Gasteiger partial charge on any atom is 0.262 e. The third kappa shape index (κ3) is 5.26. The van der Waals surface area contributed by atoms with Gasteiger partial charge in [-0.25, -0.2) is 27.3 Å². The molecular weight excluding hydrogens is 497 g/mol. The van der Waals surface area contributed by atoms with Gasteiger partial charge in [0.15, 0.2) is 5.65 Å². The topological polar surface area (TPSA) is 119 Å². The third-order valence-corrected chi connectivity index (χ3v) is 7.58. The summed E-state index contributed by atoms with van der Waals surface area (Å²) in [5, 5.41) is 14.5. The highest BCUT2D eigenvalue weighted by Crippen LogP contribution is 2.30. The minimum Gasteiger partial charge on any atom is -0.480 e. The van der Waals surface area contributed by atoms with Crippen molar-refractivity contribution >= 4 is 21.4 Å². The van der Waals surface area contributed by atoms with Crippen molar-refractivity contribution in [1.29, 1.82) is 0 Å². The van der Waals surface area contributed by atoms with Gasteiger partial charge in [-0.3, -0.25) is 4.72 Å². The van der Waals surface area contributed by atoms with Gasteiger partial charge >= 0.3 is 0 Å². The molecule has 2 N–H and O–H groups in total. The summed E-state index contributed by atoms with van der Waals surface area (Å²) in [5.41, 5.74) is 2.30. The number of benzene rings is 1. The zero-order valence-corrected chi connectivity index (χ0v) is 20.7. The molecule has 1 saturated carbocycles. The van der Waals surface area contributed by atoms with E-state index >= 15 is 0 Å². The van der Waals surface area contributed by atoms with E-state index in [1.165, 1.54) is 25.4 Å². The molecule has 0 radical (unpaired) electrons. The molecule has 3 heterocycles. The third-order valence-electron chi connectivity index (χ3n) is 6.20. The minimum atomic E-state index is -4.03. The number of aliphatic hydroxyl groups is 1. The lowest BCUT2D eigenvalue weighted by atomic mass is 9.87. The number of ether oxygens (including phenoxy) is 1. The summed E-state index contributed by atoms with van der Waals surface area (Å²) in [6.07, 6.45) is 8.13. The highest BCUT2D eigenvalue weighted by Gasteiger charge is 2.21. The van der Waals surface area contributed by atoms with E-state index in [0.29, 0.717) is 22.5 Å². The number of hydrogen-bond acceptors (Lipinski definition) is 7. The summed E-state index contributed by atoms with van der Waals surface area (Å²) < 4.78 is 48.3. The number of hydrogen-bond donors (Lipinski definition) is 2. The zero-order chi connectivity index (χ0) is 26.0. The lowest BCUT2D eigenvalue weighted by Gasteiger charge is -2.22. The van der Waals surface area contributed by atoms with Crippen LogP contribution >= 0.6 is 0 Å². The number of nitrogens with one attached hydrogen (secondary N) is 1. The normalized spacial score (nSPS) is 17.7. The lowest BCUT2D eigenvalue weighted by molar-refractivity contribution is 0.0970. The van der Waals surface area contributed by atoms with Crippen molar-refractivity contribution in [1.82, 2.24) is 19.6 Å². The molecule has 0 amide bonds. The number of anilines is 1. The SMILES string of the molecule is COc1ncc(-c2ccn3ncc(C#CC4CCCCC4O)c3n2)cc1NS(=O)(=O)c1ccc(F)cc1. The van der Waals surface area contributed by atoms with Crippen molar-refractivity contribution in [3.63, 3.8) is 0 Å². The molecule has 0 bridgehead atoms. The van der Waals surface area contributed by atoms with Crippen LogP contribution in [0.4, 0.5) is 10.1 Å². The number of fused-ring (bicyclic) bond motifs is 1. The number of pyridine rings is 1. The Morgan fingerprint density at radius 3 is 2.70 bits per heavy atom. The van der Waals surface area contributed by atoms with E-state index in [4.69, 9.17) is 4.74 Å². The highest BCUT2D eigenvalue weighted by atomic mass is 32.2. The first kappa shape index (κ1) is 24.7. The van der Waals surface area contributed by atoms with Crippen molar-refractivity contribution < 1.29 is 22.7 Å². The van der Waals surface area contributed by atoms with Gasteiger partial charge in [0.1, 0.15) is 11.5 Å². The van der Waals surface area contributed by atoms with E-state index < -0.39 is 21.9 Å². The summed E-state index contributed by atoms with van der Waals surface area (Å²) in [7, 11) is -2.65. The zero-order valence-electron chi connectivity index (χ0n) is 19.9. The van der Waals surface area contributed by atoms with Crippen LogP contribution in [-0.2, 0) is 10.0 Å².